The van der Waals surface area contributed by atoms with Crippen molar-refractivity contribution in [2.24, 2.45) is 0 Å². The summed E-state index contributed by atoms with van der Waals surface area (Å²) in [5.74, 6) is 0. The molecule has 2 rings (SSSR count). The first-order chi connectivity index (χ1) is 6.27. The van der Waals surface area contributed by atoms with Gasteiger partial charge in [-0.05, 0) is 31.0 Å². The fourth-order valence-corrected chi connectivity index (χ4v) is 2.03. The van der Waals surface area contributed by atoms with Crippen molar-refractivity contribution in [1.29, 1.82) is 0 Å². The smallest absolute Gasteiger partial charge is 0.0846 e. The standard InChI is InChI=1S/C10H12BrNO/c11-7-3-4-9(12)8(6-7)10-2-1-5-13-10/h3-4,6,10H,1-2,5,12H2. The normalized spacial score (nSPS) is 22.1. The van der Waals surface area contributed by atoms with Crippen LogP contribution >= 0.6 is 15.9 Å². The van der Waals surface area contributed by atoms with Crippen molar-refractivity contribution in [2.75, 3.05) is 12.3 Å². The number of nitrogen functional groups attached to an aromatic ring is 1. The predicted octanol–water partition coefficient (Wildman–Crippen LogP) is 2.88. The summed E-state index contributed by atoms with van der Waals surface area (Å²) in [7, 11) is 0. The van der Waals surface area contributed by atoms with Crippen LogP contribution in [-0.2, 0) is 4.74 Å². The maximum atomic E-state index is 5.87. The quantitative estimate of drug-likeness (QED) is 0.768. The molecule has 0 radical (unpaired) electrons. The largest absolute Gasteiger partial charge is 0.398 e. The van der Waals surface area contributed by atoms with Gasteiger partial charge in [-0.15, -0.1) is 0 Å². The number of anilines is 1. The molecule has 1 aliphatic heterocycles. The molecular formula is C10H12BrNO. The van der Waals surface area contributed by atoms with Crippen LogP contribution in [0.2, 0.25) is 0 Å². The Morgan fingerprint density at radius 2 is 2.31 bits per heavy atom. The summed E-state index contributed by atoms with van der Waals surface area (Å²) in [6.07, 6.45) is 2.43. The molecule has 2 nitrogen and oxygen atoms in total. The van der Waals surface area contributed by atoms with Crippen LogP contribution in [-0.4, -0.2) is 6.61 Å². The zero-order chi connectivity index (χ0) is 9.26. The summed E-state index contributed by atoms with van der Waals surface area (Å²) in [4.78, 5) is 0. The van der Waals surface area contributed by atoms with Gasteiger partial charge < -0.3 is 10.5 Å². The number of ether oxygens (including phenoxy) is 1. The van der Waals surface area contributed by atoms with Crippen molar-refractivity contribution in [2.45, 2.75) is 18.9 Å². The Labute approximate surface area is 86.2 Å². The zero-order valence-corrected chi connectivity index (χ0v) is 8.88. The van der Waals surface area contributed by atoms with Crippen molar-refractivity contribution < 1.29 is 4.74 Å². The molecule has 2 N–H and O–H groups in total. The fraction of sp³-hybridized carbons (Fsp3) is 0.400. The van der Waals surface area contributed by atoms with Gasteiger partial charge >= 0.3 is 0 Å². The van der Waals surface area contributed by atoms with Crippen LogP contribution in [0.15, 0.2) is 22.7 Å². The van der Waals surface area contributed by atoms with Gasteiger partial charge in [-0.2, -0.15) is 0 Å². The SMILES string of the molecule is Nc1ccc(Br)cc1C1CCCO1. The summed E-state index contributed by atoms with van der Waals surface area (Å²) in [5.41, 5.74) is 7.81. The lowest BCUT2D eigenvalue weighted by Gasteiger charge is -2.12. The highest BCUT2D eigenvalue weighted by Gasteiger charge is 2.19. The van der Waals surface area contributed by atoms with Gasteiger partial charge in [-0.3, -0.25) is 0 Å². The van der Waals surface area contributed by atoms with E-state index >= 15 is 0 Å². The Kier molecular flexibility index (Phi) is 2.56. The van der Waals surface area contributed by atoms with E-state index in [2.05, 4.69) is 15.9 Å². The van der Waals surface area contributed by atoms with E-state index in [1.807, 2.05) is 18.2 Å². The molecule has 0 aliphatic carbocycles. The molecule has 0 bridgehead atoms. The number of halogens is 1. The van der Waals surface area contributed by atoms with Crippen molar-refractivity contribution in [3.63, 3.8) is 0 Å². The van der Waals surface area contributed by atoms with Crippen LogP contribution in [0.1, 0.15) is 24.5 Å². The first-order valence-electron chi connectivity index (χ1n) is 4.44. The fourth-order valence-electron chi connectivity index (χ4n) is 1.65. The highest BCUT2D eigenvalue weighted by molar-refractivity contribution is 9.10. The Bertz CT molecular complexity index is 308. The van der Waals surface area contributed by atoms with Crippen molar-refractivity contribution >= 4 is 21.6 Å². The molecule has 13 heavy (non-hydrogen) atoms. The Hall–Kier alpha value is -0.540. The number of hydrogen-bond acceptors (Lipinski definition) is 2. The maximum absolute atomic E-state index is 5.87. The lowest BCUT2D eigenvalue weighted by Crippen LogP contribution is -2.00. The van der Waals surface area contributed by atoms with Gasteiger partial charge in [-0.25, -0.2) is 0 Å². The molecule has 1 unspecified atom stereocenters. The Balaban J connectivity index is 2.32. The van der Waals surface area contributed by atoms with Crippen LogP contribution in [0.4, 0.5) is 5.69 Å². The average Bonchev–Trinajstić information content (AvgIpc) is 2.61. The monoisotopic (exact) mass is 241 g/mol. The number of hydrogen-bond donors (Lipinski definition) is 1. The van der Waals surface area contributed by atoms with Crippen LogP contribution in [0.25, 0.3) is 0 Å². The molecule has 1 aliphatic rings. The second-order valence-corrected chi connectivity index (χ2v) is 4.19. The lowest BCUT2D eigenvalue weighted by atomic mass is 10.1. The van der Waals surface area contributed by atoms with Gasteiger partial charge in [0.1, 0.15) is 0 Å². The molecule has 1 aromatic rings. The van der Waals surface area contributed by atoms with E-state index in [0.29, 0.717) is 0 Å². The van der Waals surface area contributed by atoms with Gasteiger partial charge in [0.05, 0.1) is 6.10 Å². The molecule has 1 fully saturated rings. The summed E-state index contributed by atoms with van der Waals surface area (Å²) in [5, 5.41) is 0. The summed E-state index contributed by atoms with van der Waals surface area (Å²) < 4.78 is 6.64. The van der Waals surface area contributed by atoms with E-state index < -0.39 is 0 Å². The zero-order valence-electron chi connectivity index (χ0n) is 7.29. The van der Waals surface area contributed by atoms with Crippen LogP contribution in [0.5, 0.6) is 0 Å². The molecule has 1 atom stereocenters. The van der Waals surface area contributed by atoms with E-state index in [9.17, 15) is 0 Å². The highest BCUT2D eigenvalue weighted by Crippen LogP contribution is 2.33. The van der Waals surface area contributed by atoms with Crippen molar-refractivity contribution in [3.8, 4) is 0 Å². The van der Waals surface area contributed by atoms with Crippen LogP contribution < -0.4 is 5.73 Å². The van der Waals surface area contributed by atoms with Crippen molar-refractivity contribution in [1.82, 2.24) is 0 Å². The molecule has 0 spiro atoms. The van der Waals surface area contributed by atoms with Gasteiger partial charge in [-0.1, -0.05) is 15.9 Å². The second-order valence-electron chi connectivity index (χ2n) is 3.27. The molecule has 0 saturated carbocycles. The predicted molar refractivity (Wildman–Crippen MR) is 56.5 cm³/mol. The molecule has 1 saturated heterocycles. The van der Waals surface area contributed by atoms with Gasteiger partial charge in [0.2, 0.25) is 0 Å². The Morgan fingerprint density at radius 1 is 1.46 bits per heavy atom. The van der Waals surface area contributed by atoms with Crippen molar-refractivity contribution in [3.05, 3.63) is 28.2 Å². The average molecular weight is 242 g/mol. The molecule has 3 heteroatoms. The van der Waals surface area contributed by atoms with Gasteiger partial charge in [0, 0.05) is 22.3 Å². The first kappa shape index (κ1) is 9.03. The molecular weight excluding hydrogens is 230 g/mol. The Morgan fingerprint density at radius 3 is 3.00 bits per heavy atom. The molecule has 0 amide bonds. The van der Waals surface area contributed by atoms with E-state index in [-0.39, 0.29) is 6.10 Å². The maximum Gasteiger partial charge on any atom is 0.0846 e. The highest BCUT2D eigenvalue weighted by atomic mass is 79.9. The minimum Gasteiger partial charge on any atom is -0.398 e. The second kappa shape index (κ2) is 3.68. The number of benzene rings is 1. The molecule has 70 valence electrons. The van der Waals surface area contributed by atoms with Gasteiger partial charge in [0.15, 0.2) is 0 Å². The van der Waals surface area contributed by atoms with Gasteiger partial charge in [0.25, 0.3) is 0 Å². The van der Waals surface area contributed by atoms with E-state index in [1.165, 1.54) is 0 Å². The molecule has 0 aromatic heterocycles. The van der Waals surface area contributed by atoms with E-state index in [1.54, 1.807) is 0 Å². The van der Waals surface area contributed by atoms with Crippen LogP contribution in [0.3, 0.4) is 0 Å². The summed E-state index contributed by atoms with van der Waals surface area (Å²) >= 11 is 3.43. The minimum absolute atomic E-state index is 0.206. The third-order valence-corrected chi connectivity index (χ3v) is 2.82. The first-order valence-corrected chi connectivity index (χ1v) is 5.23. The molecule has 1 aromatic carbocycles. The topological polar surface area (TPSA) is 35.2 Å². The third-order valence-electron chi connectivity index (χ3n) is 2.33. The molecule has 1 heterocycles. The number of nitrogens with two attached hydrogens (primary N) is 1. The number of rotatable bonds is 1. The van der Waals surface area contributed by atoms with Crippen LogP contribution in [0, 0.1) is 0 Å². The third kappa shape index (κ3) is 1.86. The minimum atomic E-state index is 0.206. The lowest BCUT2D eigenvalue weighted by molar-refractivity contribution is 0.112. The summed E-state index contributed by atoms with van der Waals surface area (Å²) in [6, 6.07) is 5.92. The van der Waals surface area contributed by atoms with E-state index in [4.69, 9.17) is 10.5 Å². The summed E-state index contributed by atoms with van der Waals surface area (Å²) in [6.45, 7) is 0.858. The van der Waals surface area contributed by atoms with E-state index in [0.717, 1.165) is 35.2 Å².